The summed E-state index contributed by atoms with van der Waals surface area (Å²) in [5, 5.41) is 13.4. The number of halogens is 1. The summed E-state index contributed by atoms with van der Waals surface area (Å²) in [7, 11) is 0. The van der Waals surface area contributed by atoms with Crippen molar-refractivity contribution in [1.82, 2.24) is 5.43 Å². The average molecular weight is 390 g/mol. The topological polar surface area (TPSA) is 74.5 Å². The maximum Gasteiger partial charge on any atom is 0.271 e. The van der Waals surface area contributed by atoms with Crippen molar-refractivity contribution < 1.29 is 9.53 Å². The van der Waals surface area contributed by atoms with Gasteiger partial charge in [0.05, 0.1) is 17.8 Å². The second-order valence-electron chi connectivity index (χ2n) is 5.87. The van der Waals surface area contributed by atoms with Crippen LogP contribution >= 0.6 is 11.6 Å². The second-order valence-corrected chi connectivity index (χ2v) is 6.31. The van der Waals surface area contributed by atoms with Crippen LogP contribution in [0.2, 0.25) is 5.02 Å². The van der Waals surface area contributed by atoms with Gasteiger partial charge in [0.1, 0.15) is 12.4 Å². The van der Waals surface area contributed by atoms with Crippen molar-refractivity contribution in [2.45, 2.75) is 6.61 Å². The molecule has 3 rings (SSSR count). The number of hydrazone groups is 1. The van der Waals surface area contributed by atoms with E-state index in [9.17, 15) is 4.79 Å². The van der Waals surface area contributed by atoms with Crippen LogP contribution in [0.4, 0.5) is 0 Å². The van der Waals surface area contributed by atoms with Gasteiger partial charge in [-0.1, -0.05) is 35.9 Å². The molecule has 3 aromatic carbocycles. The van der Waals surface area contributed by atoms with E-state index in [1.54, 1.807) is 48.5 Å². The van der Waals surface area contributed by atoms with E-state index in [0.29, 0.717) is 28.5 Å². The third-order valence-electron chi connectivity index (χ3n) is 3.85. The molecule has 0 fully saturated rings. The maximum absolute atomic E-state index is 12.1. The minimum atomic E-state index is -0.325. The molecule has 0 aliphatic rings. The van der Waals surface area contributed by atoms with Gasteiger partial charge in [-0.25, -0.2) is 5.43 Å². The summed E-state index contributed by atoms with van der Waals surface area (Å²) >= 11 is 5.86. The van der Waals surface area contributed by atoms with E-state index >= 15 is 0 Å². The van der Waals surface area contributed by atoms with Gasteiger partial charge in [0.2, 0.25) is 0 Å². The highest BCUT2D eigenvalue weighted by atomic mass is 35.5. The molecule has 0 aliphatic heterocycles. The number of benzene rings is 3. The molecule has 0 saturated carbocycles. The summed E-state index contributed by atoms with van der Waals surface area (Å²) in [6, 6.07) is 23.1. The van der Waals surface area contributed by atoms with Crippen LogP contribution in [-0.2, 0) is 6.61 Å². The summed E-state index contributed by atoms with van der Waals surface area (Å²) in [4.78, 5) is 12.1. The van der Waals surface area contributed by atoms with Crippen LogP contribution in [-0.4, -0.2) is 12.1 Å². The minimum Gasteiger partial charge on any atom is -0.489 e. The lowest BCUT2D eigenvalue weighted by Gasteiger charge is -2.07. The van der Waals surface area contributed by atoms with Gasteiger partial charge < -0.3 is 4.74 Å². The number of hydrogen-bond acceptors (Lipinski definition) is 4. The first-order chi connectivity index (χ1) is 13.6. The van der Waals surface area contributed by atoms with Gasteiger partial charge in [-0.15, -0.1) is 0 Å². The van der Waals surface area contributed by atoms with E-state index in [4.69, 9.17) is 21.6 Å². The summed E-state index contributed by atoms with van der Waals surface area (Å²) < 4.78 is 5.70. The van der Waals surface area contributed by atoms with Crippen molar-refractivity contribution in [1.29, 1.82) is 5.26 Å². The summed E-state index contributed by atoms with van der Waals surface area (Å²) in [5.74, 6) is 0.335. The summed E-state index contributed by atoms with van der Waals surface area (Å²) in [6.07, 6.45) is 1.52. The first-order valence-corrected chi connectivity index (χ1v) is 8.83. The number of ether oxygens (including phenoxy) is 1. The van der Waals surface area contributed by atoms with Gasteiger partial charge in [0.15, 0.2) is 0 Å². The lowest BCUT2D eigenvalue weighted by molar-refractivity contribution is 0.0955. The number of carbonyl (C=O) groups is 1. The Kier molecular flexibility index (Phi) is 6.40. The zero-order valence-corrected chi connectivity index (χ0v) is 15.6. The van der Waals surface area contributed by atoms with E-state index in [0.717, 1.165) is 11.1 Å². The Labute approximate surface area is 167 Å². The van der Waals surface area contributed by atoms with Crippen molar-refractivity contribution in [3.8, 4) is 11.8 Å². The van der Waals surface area contributed by atoms with Crippen LogP contribution < -0.4 is 10.2 Å². The van der Waals surface area contributed by atoms with Gasteiger partial charge in [-0.05, 0) is 59.7 Å². The van der Waals surface area contributed by atoms with E-state index in [-0.39, 0.29) is 5.91 Å². The number of nitrogens with one attached hydrogen (secondary N) is 1. The quantitative estimate of drug-likeness (QED) is 0.496. The maximum atomic E-state index is 12.1. The number of amides is 1. The summed E-state index contributed by atoms with van der Waals surface area (Å²) in [5.41, 5.74) is 5.29. The van der Waals surface area contributed by atoms with Crippen LogP contribution in [0.1, 0.15) is 27.0 Å². The lowest BCUT2D eigenvalue weighted by Crippen LogP contribution is -2.17. The standard InChI is InChI=1S/C22H16ClN3O2/c23-20-9-5-18(6-10-20)15-28-21-11-7-19(8-12-21)22(27)26-25-14-17-3-1-16(13-24)2-4-17/h1-12,14H,15H2,(H,26,27)/b25-14+. The van der Waals surface area contributed by atoms with E-state index in [1.807, 2.05) is 30.3 Å². The van der Waals surface area contributed by atoms with Crippen molar-refractivity contribution in [2.75, 3.05) is 0 Å². The first kappa shape index (κ1) is 19.2. The Bertz CT molecular complexity index is 1010. The van der Waals surface area contributed by atoms with Crippen LogP contribution in [0, 0.1) is 11.3 Å². The third-order valence-corrected chi connectivity index (χ3v) is 4.11. The number of nitrogens with zero attached hydrogens (tertiary/aromatic N) is 2. The van der Waals surface area contributed by atoms with Gasteiger partial charge in [0.25, 0.3) is 5.91 Å². The van der Waals surface area contributed by atoms with E-state index < -0.39 is 0 Å². The van der Waals surface area contributed by atoms with Crippen molar-refractivity contribution >= 4 is 23.7 Å². The molecule has 0 bridgehead atoms. The third kappa shape index (κ3) is 5.44. The zero-order valence-electron chi connectivity index (χ0n) is 14.8. The van der Waals surface area contributed by atoms with Gasteiger partial charge in [-0.3, -0.25) is 4.79 Å². The molecule has 138 valence electrons. The molecule has 6 heteroatoms. The summed E-state index contributed by atoms with van der Waals surface area (Å²) in [6.45, 7) is 0.414. The first-order valence-electron chi connectivity index (χ1n) is 8.45. The van der Waals surface area contributed by atoms with E-state index in [2.05, 4.69) is 10.5 Å². The second kappa shape index (κ2) is 9.36. The highest BCUT2D eigenvalue weighted by molar-refractivity contribution is 6.30. The van der Waals surface area contributed by atoms with Crippen LogP contribution in [0.25, 0.3) is 0 Å². The monoisotopic (exact) mass is 389 g/mol. The Morgan fingerprint density at radius 1 is 1.04 bits per heavy atom. The minimum absolute atomic E-state index is 0.325. The smallest absolute Gasteiger partial charge is 0.271 e. The van der Waals surface area contributed by atoms with Crippen molar-refractivity contribution in [3.63, 3.8) is 0 Å². The number of hydrogen-bond donors (Lipinski definition) is 1. The Balaban J connectivity index is 1.52. The molecule has 5 nitrogen and oxygen atoms in total. The molecule has 28 heavy (non-hydrogen) atoms. The molecular weight excluding hydrogens is 374 g/mol. The van der Waals surface area contributed by atoms with E-state index in [1.165, 1.54) is 6.21 Å². The Hall–Kier alpha value is -3.62. The molecule has 1 amide bonds. The fourth-order valence-corrected chi connectivity index (χ4v) is 2.45. The molecule has 0 heterocycles. The predicted molar refractivity (Wildman–Crippen MR) is 108 cm³/mol. The molecule has 0 unspecified atom stereocenters. The normalized spacial score (nSPS) is 10.4. The van der Waals surface area contributed by atoms with Gasteiger partial charge >= 0.3 is 0 Å². The van der Waals surface area contributed by atoms with Crippen LogP contribution in [0.3, 0.4) is 0 Å². The van der Waals surface area contributed by atoms with Gasteiger partial charge in [0, 0.05) is 10.6 Å². The number of carbonyl (C=O) groups excluding carboxylic acids is 1. The molecule has 0 aliphatic carbocycles. The number of nitriles is 1. The van der Waals surface area contributed by atoms with Gasteiger partial charge in [-0.2, -0.15) is 10.4 Å². The van der Waals surface area contributed by atoms with Crippen molar-refractivity contribution in [2.24, 2.45) is 5.10 Å². The lowest BCUT2D eigenvalue weighted by atomic mass is 10.2. The molecule has 3 aromatic rings. The largest absolute Gasteiger partial charge is 0.489 e. The molecule has 1 N–H and O–H groups in total. The highest BCUT2D eigenvalue weighted by Gasteiger charge is 2.04. The number of rotatable bonds is 6. The molecule has 0 saturated heterocycles. The predicted octanol–water partition coefficient (Wildman–Crippen LogP) is 4.55. The molecule has 0 radical (unpaired) electrons. The molecule has 0 spiro atoms. The fraction of sp³-hybridized carbons (Fsp3) is 0.0455. The molecule has 0 atom stereocenters. The Morgan fingerprint density at radius 3 is 2.36 bits per heavy atom. The zero-order chi connectivity index (χ0) is 19.8. The highest BCUT2D eigenvalue weighted by Crippen LogP contribution is 2.15. The molecule has 0 aromatic heterocycles. The SMILES string of the molecule is N#Cc1ccc(/C=N/NC(=O)c2ccc(OCc3ccc(Cl)cc3)cc2)cc1. The average Bonchev–Trinajstić information content (AvgIpc) is 2.74. The molecular formula is C22H16ClN3O2. The Morgan fingerprint density at radius 2 is 1.71 bits per heavy atom. The van der Waals surface area contributed by atoms with Crippen LogP contribution in [0.5, 0.6) is 5.75 Å². The fourth-order valence-electron chi connectivity index (χ4n) is 2.32. The van der Waals surface area contributed by atoms with Crippen molar-refractivity contribution in [3.05, 3.63) is 100 Å². The van der Waals surface area contributed by atoms with Crippen LogP contribution in [0.15, 0.2) is 77.9 Å².